The van der Waals surface area contributed by atoms with Crippen molar-refractivity contribution in [2.45, 2.75) is 239 Å². The van der Waals surface area contributed by atoms with E-state index in [1.54, 1.807) is 0 Å². The summed E-state index contributed by atoms with van der Waals surface area (Å²) in [6.45, 7) is 6.55. The zero-order valence-electron chi connectivity index (χ0n) is 33.4. The van der Waals surface area contributed by atoms with Gasteiger partial charge in [0, 0.05) is 19.3 Å². The quantitative estimate of drug-likeness (QED) is 0.0274. The maximum Gasteiger partial charge on any atom is 0.306 e. The van der Waals surface area contributed by atoms with Crippen LogP contribution in [-0.2, 0) is 28.6 Å². The van der Waals surface area contributed by atoms with Crippen LogP contribution in [-0.4, -0.2) is 37.2 Å². The Labute approximate surface area is 310 Å². The standard InChI is InChI=1S/C44H82O6/c1-4-7-10-13-16-18-20-22-23-25-26-28-31-34-37-43(46)49-40-41(39-48-42(45)36-33-30-15-12-9-6-3)50-44(47)38-35-32-29-27-24-21-19-17-14-11-8-5-2/h17,19,41H,4-16,18,20-40H2,1-3H3/b19-17-. The second-order valence-electron chi connectivity index (χ2n) is 14.6. The normalized spacial score (nSPS) is 12.0. The second kappa shape index (κ2) is 39.9. The predicted molar refractivity (Wildman–Crippen MR) is 210 cm³/mol. The lowest BCUT2D eigenvalue weighted by Gasteiger charge is -2.18. The summed E-state index contributed by atoms with van der Waals surface area (Å²) in [5.41, 5.74) is 0. The first-order chi connectivity index (χ1) is 24.5. The fourth-order valence-corrected chi connectivity index (χ4v) is 6.20. The molecule has 0 amide bonds. The molecule has 0 radical (unpaired) electrons. The number of unbranched alkanes of at least 4 members (excludes halogenated alkanes) is 26. The fraction of sp³-hybridized carbons (Fsp3) is 0.886. The first kappa shape index (κ1) is 48.1. The van der Waals surface area contributed by atoms with E-state index >= 15 is 0 Å². The van der Waals surface area contributed by atoms with Crippen molar-refractivity contribution in [2.24, 2.45) is 0 Å². The summed E-state index contributed by atoms with van der Waals surface area (Å²) >= 11 is 0. The van der Waals surface area contributed by atoms with Crippen molar-refractivity contribution in [1.29, 1.82) is 0 Å². The molecule has 6 nitrogen and oxygen atoms in total. The van der Waals surface area contributed by atoms with E-state index in [4.69, 9.17) is 14.2 Å². The highest BCUT2D eigenvalue weighted by molar-refractivity contribution is 5.71. The van der Waals surface area contributed by atoms with Crippen molar-refractivity contribution in [2.75, 3.05) is 13.2 Å². The van der Waals surface area contributed by atoms with Crippen LogP contribution in [0.4, 0.5) is 0 Å². The van der Waals surface area contributed by atoms with Crippen LogP contribution < -0.4 is 0 Å². The molecular weight excluding hydrogens is 624 g/mol. The average Bonchev–Trinajstić information content (AvgIpc) is 3.11. The third-order valence-electron chi connectivity index (χ3n) is 9.52. The summed E-state index contributed by atoms with van der Waals surface area (Å²) < 4.78 is 16.6. The molecule has 0 bridgehead atoms. The van der Waals surface area contributed by atoms with Crippen LogP contribution in [0.15, 0.2) is 12.2 Å². The van der Waals surface area contributed by atoms with Gasteiger partial charge in [-0.05, 0) is 44.9 Å². The maximum atomic E-state index is 12.6. The first-order valence-electron chi connectivity index (χ1n) is 21.7. The highest BCUT2D eigenvalue weighted by Crippen LogP contribution is 2.15. The number of esters is 3. The summed E-state index contributed by atoms with van der Waals surface area (Å²) in [5, 5.41) is 0. The molecule has 0 saturated carbocycles. The number of hydrogen-bond donors (Lipinski definition) is 0. The number of rotatable bonds is 39. The molecule has 294 valence electrons. The molecule has 0 spiro atoms. The van der Waals surface area contributed by atoms with Gasteiger partial charge in [0.05, 0.1) is 0 Å². The van der Waals surface area contributed by atoms with Crippen molar-refractivity contribution in [3.63, 3.8) is 0 Å². The van der Waals surface area contributed by atoms with E-state index in [0.717, 1.165) is 64.2 Å². The molecule has 0 N–H and O–H groups in total. The summed E-state index contributed by atoms with van der Waals surface area (Å²) in [5.74, 6) is -0.884. The van der Waals surface area contributed by atoms with E-state index < -0.39 is 6.10 Å². The monoisotopic (exact) mass is 707 g/mol. The number of allylic oxidation sites excluding steroid dienone is 2. The number of carbonyl (C=O) groups is 3. The molecule has 0 heterocycles. The van der Waals surface area contributed by atoms with Crippen LogP contribution in [0.2, 0.25) is 0 Å². The van der Waals surface area contributed by atoms with Gasteiger partial charge in [-0.1, -0.05) is 181 Å². The molecule has 6 heteroatoms. The average molecular weight is 707 g/mol. The third-order valence-corrected chi connectivity index (χ3v) is 9.52. The number of carbonyl (C=O) groups excluding carboxylic acids is 3. The van der Waals surface area contributed by atoms with Crippen LogP contribution in [0, 0.1) is 0 Å². The van der Waals surface area contributed by atoms with E-state index in [1.165, 1.54) is 128 Å². The van der Waals surface area contributed by atoms with Gasteiger partial charge in [0.25, 0.3) is 0 Å². The molecule has 0 aliphatic rings. The molecule has 0 aromatic carbocycles. The van der Waals surface area contributed by atoms with Crippen molar-refractivity contribution in [1.82, 2.24) is 0 Å². The molecule has 0 aromatic rings. The first-order valence-corrected chi connectivity index (χ1v) is 21.7. The Hall–Kier alpha value is -1.85. The minimum Gasteiger partial charge on any atom is -0.462 e. The van der Waals surface area contributed by atoms with E-state index in [2.05, 4.69) is 32.9 Å². The third kappa shape index (κ3) is 37.4. The van der Waals surface area contributed by atoms with Gasteiger partial charge in [0.2, 0.25) is 0 Å². The van der Waals surface area contributed by atoms with E-state index in [-0.39, 0.29) is 31.1 Å². The summed E-state index contributed by atoms with van der Waals surface area (Å²) in [6.07, 6.45) is 40.6. The van der Waals surface area contributed by atoms with Crippen LogP contribution >= 0.6 is 0 Å². The van der Waals surface area contributed by atoms with Crippen molar-refractivity contribution < 1.29 is 28.6 Å². The minimum absolute atomic E-state index is 0.0700. The lowest BCUT2D eigenvalue weighted by molar-refractivity contribution is -0.167. The topological polar surface area (TPSA) is 78.9 Å². The SMILES string of the molecule is CCCCC/C=C\CCCCCCCC(=O)OC(COC(=O)CCCCCCCC)COC(=O)CCCCCCCCCCCCCCCC. The van der Waals surface area contributed by atoms with Crippen molar-refractivity contribution in [3.8, 4) is 0 Å². The molecule has 50 heavy (non-hydrogen) atoms. The lowest BCUT2D eigenvalue weighted by Crippen LogP contribution is -2.30. The Morgan fingerprint density at radius 3 is 1.04 bits per heavy atom. The Bertz CT molecular complexity index is 778. The summed E-state index contributed by atoms with van der Waals surface area (Å²) in [7, 11) is 0. The van der Waals surface area contributed by atoms with Gasteiger partial charge >= 0.3 is 17.9 Å². The van der Waals surface area contributed by atoms with Crippen LogP contribution in [0.25, 0.3) is 0 Å². The van der Waals surface area contributed by atoms with Gasteiger partial charge in [-0.15, -0.1) is 0 Å². The zero-order valence-corrected chi connectivity index (χ0v) is 33.4. The van der Waals surface area contributed by atoms with Gasteiger partial charge in [0.15, 0.2) is 6.10 Å². The van der Waals surface area contributed by atoms with Crippen LogP contribution in [0.3, 0.4) is 0 Å². The highest BCUT2D eigenvalue weighted by Gasteiger charge is 2.19. The van der Waals surface area contributed by atoms with Crippen molar-refractivity contribution >= 4 is 17.9 Å². The molecule has 0 fully saturated rings. The molecule has 0 aromatic heterocycles. The van der Waals surface area contributed by atoms with Crippen LogP contribution in [0.5, 0.6) is 0 Å². The largest absolute Gasteiger partial charge is 0.462 e. The number of hydrogen-bond acceptors (Lipinski definition) is 6. The molecule has 0 aliphatic carbocycles. The van der Waals surface area contributed by atoms with Crippen molar-refractivity contribution in [3.05, 3.63) is 12.2 Å². The summed E-state index contributed by atoms with van der Waals surface area (Å²) in [6, 6.07) is 0. The van der Waals surface area contributed by atoms with Gasteiger partial charge < -0.3 is 14.2 Å². The lowest BCUT2D eigenvalue weighted by atomic mass is 10.0. The minimum atomic E-state index is -0.764. The molecular formula is C44H82O6. The van der Waals surface area contributed by atoms with Crippen LogP contribution in [0.1, 0.15) is 233 Å². The fourth-order valence-electron chi connectivity index (χ4n) is 6.20. The van der Waals surface area contributed by atoms with Gasteiger partial charge in [-0.2, -0.15) is 0 Å². The molecule has 1 atom stereocenters. The van der Waals surface area contributed by atoms with Gasteiger partial charge in [-0.25, -0.2) is 0 Å². The molecule has 0 aliphatic heterocycles. The molecule has 0 rings (SSSR count). The van der Waals surface area contributed by atoms with E-state index in [9.17, 15) is 14.4 Å². The van der Waals surface area contributed by atoms with E-state index in [0.29, 0.717) is 19.3 Å². The molecule has 0 saturated heterocycles. The summed E-state index contributed by atoms with van der Waals surface area (Å²) in [4.78, 5) is 37.4. The Kier molecular flexibility index (Phi) is 38.5. The Balaban J connectivity index is 4.26. The zero-order chi connectivity index (χ0) is 36.6. The Morgan fingerprint density at radius 1 is 0.380 bits per heavy atom. The smallest absolute Gasteiger partial charge is 0.306 e. The number of ether oxygens (including phenoxy) is 3. The highest BCUT2D eigenvalue weighted by atomic mass is 16.6. The molecule has 1 unspecified atom stereocenters. The van der Waals surface area contributed by atoms with E-state index in [1.807, 2.05) is 0 Å². The predicted octanol–water partition coefficient (Wildman–Crippen LogP) is 13.5. The van der Waals surface area contributed by atoms with Gasteiger partial charge in [-0.3, -0.25) is 14.4 Å². The maximum absolute atomic E-state index is 12.6. The second-order valence-corrected chi connectivity index (χ2v) is 14.6. The Morgan fingerprint density at radius 2 is 0.660 bits per heavy atom. The van der Waals surface area contributed by atoms with Gasteiger partial charge in [0.1, 0.15) is 13.2 Å².